The molecule has 1 nitrogen and oxygen atoms in total. The average Bonchev–Trinajstić information content (AvgIpc) is 1.88. The molecule has 60 valence electrons. The molecule has 1 aromatic rings. The van der Waals surface area contributed by atoms with Gasteiger partial charge in [-0.05, 0) is 23.7 Å². The molecule has 0 saturated carbocycles. The third-order valence-electron chi connectivity index (χ3n) is 1.09. The van der Waals surface area contributed by atoms with Gasteiger partial charge in [0.25, 0.3) is 5.24 Å². The van der Waals surface area contributed by atoms with Crippen LogP contribution in [0.5, 0.6) is 0 Å². The fourth-order valence-electron chi connectivity index (χ4n) is 0.621. The summed E-state index contributed by atoms with van der Waals surface area (Å²) < 4.78 is 0. The van der Waals surface area contributed by atoms with Crippen LogP contribution in [0.4, 0.5) is 0 Å². The molecule has 0 fully saturated rings. The molecule has 0 aliphatic rings. The quantitative estimate of drug-likeness (QED) is 0.652. The van der Waals surface area contributed by atoms with Crippen molar-refractivity contribution in [2.24, 2.45) is 0 Å². The molecule has 0 N–H and O–H groups in total. The summed E-state index contributed by atoms with van der Waals surface area (Å²) in [5, 5.41) is -0.131. The van der Waals surface area contributed by atoms with E-state index >= 15 is 0 Å². The Morgan fingerprint density at radius 1 is 1.27 bits per heavy atom. The summed E-state index contributed by atoms with van der Waals surface area (Å²) in [7, 11) is 0. The molecule has 0 spiro atoms. The van der Waals surface area contributed by atoms with Gasteiger partial charge in [0.05, 0.1) is 10.6 Å². The maximum atomic E-state index is 10.5. The Morgan fingerprint density at radius 3 is 2.18 bits per heavy atom. The molecule has 11 heavy (non-hydrogen) atoms. The van der Waals surface area contributed by atoms with Crippen molar-refractivity contribution in [1.29, 1.82) is 0 Å². The first kappa shape index (κ1) is 10.8. The minimum atomic E-state index is -0.523. The fraction of sp³-hybridized carbons (Fsp3) is 0. The van der Waals surface area contributed by atoms with Crippen molar-refractivity contribution in [1.82, 2.24) is 0 Å². The Labute approximate surface area is 80.7 Å². The lowest BCUT2D eigenvalue weighted by Crippen LogP contribution is -1.87. The molecule has 0 amide bonds. The lowest BCUT2D eigenvalue weighted by molar-refractivity contribution is 0.108. The minimum absolute atomic E-state index is 0. The zero-order chi connectivity index (χ0) is 7.56. The Bertz CT molecular complexity index is 260. The first-order valence-corrected chi connectivity index (χ1v) is 3.42. The third kappa shape index (κ3) is 2.70. The molecule has 0 aliphatic carbocycles. The Morgan fingerprint density at radius 2 is 1.82 bits per heavy atom. The van der Waals surface area contributed by atoms with E-state index in [-0.39, 0.29) is 12.4 Å². The second kappa shape index (κ2) is 4.60. The lowest BCUT2D eigenvalue weighted by atomic mass is 10.2. The molecule has 1 rings (SSSR count). The van der Waals surface area contributed by atoms with Crippen molar-refractivity contribution in [3.63, 3.8) is 0 Å². The normalized spacial score (nSPS) is 8.55. The van der Waals surface area contributed by atoms with E-state index in [1.165, 1.54) is 0 Å². The smallest absolute Gasteiger partial charge is 0.253 e. The molecule has 1 aromatic carbocycles. The number of rotatable bonds is 1. The van der Waals surface area contributed by atoms with Gasteiger partial charge in [-0.15, -0.1) is 12.4 Å². The number of hydrogen-bond donors (Lipinski definition) is 0. The molecule has 0 heterocycles. The predicted octanol–water partition coefficient (Wildman–Crippen LogP) is 3.14. The highest BCUT2D eigenvalue weighted by Crippen LogP contribution is 2.16. The number of carbonyl (C=O) groups excluding carboxylic acids is 1. The number of benzene rings is 1. The topological polar surface area (TPSA) is 17.1 Å². The Hall–Kier alpha value is -0.240. The van der Waals surface area contributed by atoms with Crippen LogP contribution in [0.1, 0.15) is 10.4 Å². The highest BCUT2D eigenvalue weighted by molar-refractivity contribution is 6.68. The van der Waals surface area contributed by atoms with Gasteiger partial charge in [0.15, 0.2) is 0 Å². The number of hydrogen-bond acceptors (Lipinski definition) is 1. The van der Waals surface area contributed by atoms with E-state index in [1.54, 1.807) is 24.3 Å². The summed E-state index contributed by atoms with van der Waals surface area (Å²) in [6.07, 6.45) is 0. The summed E-state index contributed by atoms with van der Waals surface area (Å²) in [6.45, 7) is 0. The maximum Gasteiger partial charge on any atom is 0.253 e. The van der Waals surface area contributed by atoms with Gasteiger partial charge in [-0.3, -0.25) is 4.79 Å². The van der Waals surface area contributed by atoms with Gasteiger partial charge in [0.1, 0.15) is 0 Å². The largest absolute Gasteiger partial charge is 0.276 e. The molecule has 0 unspecified atom stereocenters. The van der Waals surface area contributed by atoms with E-state index in [0.717, 1.165) is 0 Å². The number of halogens is 3. The molecule has 0 aliphatic heterocycles. The maximum absolute atomic E-state index is 10.5. The zero-order valence-electron chi connectivity index (χ0n) is 5.38. The zero-order valence-corrected chi connectivity index (χ0v) is 7.71. The van der Waals surface area contributed by atoms with Gasteiger partial charge in [0, 0.05) is 0 Å². The lowest BCUT2D eigenvalue weighted by Gasteiger charge is -1.93. The van der Waals surface area contributed by atoms with Crippen molar-refractivity contribution in [2.75, 3.05) is 0 Å². The Balaban J connectivity index is 0.000001000. The molecular formula is C7H5Cl3O. The van der Waals surface area contributed by atoms with E-state index in [0.29, 0.717) is 10.6 Å². The van der Waals surface area contributed by atoms with E-state index in [4.69, 9.17) is 23.2 Å². The van der Waals surface area contributed by atoms with Crippen molar-refractivity contribution in [2.45, 2.75) is 0 Å². The van der Waals surface area contributed by atoms with E-state index < -0.39 is 5.24 Å². The van der Waals surface area contributed by atoms with E-state index in [1.807, 2.05) is 0 Å². The average molecular weight is 211 g/mol. The molecule has 4 heteroatoms. The standard InChI is InChI=1S/C7H4Cl2O.ClH/c8-6-4-2-1-3-5(6)7(9)10;/h1-4H;1H. The monoisotopic (exact) mass is 210 g/mol. The van der Waals surface area contributed by atoms with Gasteiger partial charge < -0.3 is 0 Å². The van der Waals surface area contributed by atoms with E-state index in [2.05, 4.69) is 0 Å². The van der Waals surface area contributed by atoms with Crippen LogP contribution in [0.3, 0.4) is 0 Å². The van der Waals surface area contributed by atoms with Crippen LogP contribution >= 0.6 is 35.6 Å². The molecule has 0 radical (unpaired) electrons. The van der Waals surface area contributed by atoms with Crippen LogP contribution < -0.4 is 0 Å². The van der Waals surface area contributed by atoms with Crippen molar-refractivity contribution in [3.8, 4) is 0 Å². The van der Waals surface area contributed by atoms with Gasteiger partial charge in [-0.1, -0.05) is 23.7 Å². The third-order valence-corrected chi connectivity index (χ3v) is 1.62. The molecule has 0 atom stereocenters. The van der Waals surface area contributed by atoms with Gasteiger partial charge in [-0.25, -0.2) is 0 Å². The van der Waals surface area contributed by atoms with Crippen LogP contribution in [0, 0.1) is 0 Å². The van der Waals surface area contributed by atoms with E-state index in [9.17, 15) is 4.79 Å². The van der Waals surface area contributed by atoms with Crippen molar-refractivity contribution < 1.29 is 4.79 Å². The van der Waals surface area contributed by atoms with Crippen molar-refractivity contribution >= 4 is 40.9 Å². The summed E-state index contributed by atoms with van der Waals surface area (Å²) in [4.78, 5) is 10.5. The van der Waals surface area contributed by atoms with Crippen LogP contribution in [-0.2, 0) is 0 Å². The summed E-state index contributed by atoms with van der Waals surface area (Å²) in [5.41, 5.74) is 0.353. The molecule has 0 saturated heterocycles. The van der Waals surface area contributed by atoms with Crippen LogP contribution in [0.25, 0.3) is 0 Å². The number of carbonyl (C=O) groups is 1. The second-order valence-corrected chi connectivity index (χ2v) is 2.50. The second-order valence-electron chi connectivity index (χ2n) is 1.75. The van der Waals surface area contributed by atoms with Gasteiger partial charge >= 0.3 is 0 Å². The fourth-order valence-corrected chi connectivity index (χ4v) is 1.06. The molecule has 0 aromatic heterocycles. The van der Waals surface area contributed by atoms with Crippen LogP contribution in [0.2, 0.25) is 5.02 Å². The summed E-state index contributed by atoms with van der Waals surface area (Å²) >= 11 is 10.8. The van der Waals surface area contributed by atoms with Gasteiger partial charge in [0.2, 0.25) is 0 Å². The molecule has 0 bridgehead atoms. The first-order valence-electron chi connectivity index (χ1n) is 2.66. The highest BCUT2D eigenvalue weighted by Gasteiger charge is 2.03. The molecular weight excluding hydrogens is 206 g/mol. The SMILES string of the molecule is Cl.O=C(Cl)c1ccccc1Cl. The minimum Gasteiger partial charge on any atom is -0.276 e. The van der Waals surface area contributed by atoms with Crippen molar-refractivity contribution in [3.05, 3.63) is 34.9 Å². The van der Waals surface area contributed by atoms with Crippen LogP contribution in [0.15, 0.2) is 24.3 Å². The highest BCUT2D eigenvalue weighted by atomic mass is 35.5. The summed E-state index contributed by atoms with van der Waals surface area (Å²) in [5.74, 6) is 0. The van der Waals surface area contributed by atoms with Crippen LogP contribution in [-0.4, -0.2) is 5.24 Å². The first-order chi connectivity index (χ1) is 4.72. The summed E-state index contributed by atoms with van der Waals surface area (Å²) in [6, 6.07) is 6.65. The Kier molecular flexibility index (Phi) is 4.50. The van der Waals surface area contributed by atoms with Gasteiger partial charge in [-0.2, -0.15) is 0 Å². The predicted molar refractivity (Wildman–Crippen MR) is 48.9 cm³/mol.